The van der Waals surface area contributed by atoms with E-state index in [1.165, 1.54) is 6.92 Å². The van der Waals surface area contributed by atoms with Crippen LogP contribution in [-0.4, -0.2) is 37.1 Å². The highest BCUT2D eigenvalue weighted by Gasteiger charge is 2.26. The van der Waals surface area contributed by atoms with E-state index in [0.717, 1.165) is 5.56 Å². The van der Waals surface area contributed by atoms with Gasteiger partial charge in [-0.15, -0.1) is 0 Å². The molecule has 5 nitrogen and oxygen atoms in total. The molecule has 0 aliphatic carbocycles. The lowest BCUT2D eigenvalue weighted by Gasteiger charge is -2.09. The number of hydrogen-bond donors (Lipinski definition) is 1. The Bertz CT molecular complexity index is 518. The van der Waals surface area contributed by atoms with Crippen LogP contribution in [0.5, 0.6) is 5.75 Å². The Morgan fingerprint density at radius 2 is 1.89 bits per heavy atom. The van der Waals surface area contributed by atoms with Gasteiger partial charge in [-0.3, -0.25) is 4.79 Å². The zero-order valence-electron chi connectivity index (χ0n) is 11.0. The largest absolute Gasteiger partial charge is 0.494 e. The van der Waals surface area contributed by atoms with Crippen molar-refractivity contribution >= 4 is 15.8 Å². The number of rotatable bonds is 7. The molecule has 0 saturated carbocycles. The van der Waals surface area contributed by atoms with E-state index in [-0.39, 0.29) is 18.8 Å². The lowest BCUT2D eigenvalue weighted by atomic mass is 10.2. The molecule has 0 heterocycles. The van der Waals surface area contributed by atoms with Crippen molar-refractivity contribution in [3.05, 3.63) is 29.8 Å². The third-order valence-corrected chi connectivity index (χ3v) is 4.89. The summed E-state index contributed by atoms with van der Waals surface area (Å²) in [6.45, 7) is 3.39. The van der Waals surface area contributed by atoms with E-state index < -0.39 is 21.1 Å². The summed E-state index contributed by atoms with van der Waals surface area (Å²) in [6.07, 6.45) is 0.272. The first-order valence-corrected chi connectivity index (χ1v) is 7.68. The van der Waals surface area contributed by atoms with Crippen molar-refractivity contribution in [2.24, 2.45) is 0 Å². The minimum Gasteiger partial charge on any atom is -0.494 e. The Kier molecular flexibility index (Phi) is 5.35. The lowest BCUT2D eigenvalue weighted by Crippen LogP contribution is -2.29. The van der Waals surface area contributed by atoms with Crippen LogP contribution in [0.25, 0.3) is 0 Å². The molecule has 0 aliphatic rings. The molecule has 0 aliphatic heterocycles. The van der Waals surface area contributed by atoms with Gasteiger partial charge in [-0.2, -0.15) is 0 Å². The molecule has 1 unspecified atom stereocenters. The van der Waals surface area contributed by atoms with Gasteiger partial charge in [0.2, 0.25) is 0 Å². The number of ether oxygens (including phenoxy) is 1. The second-order valence-corrected chi connectivity index (χ2v) is 6.80. The van der Waals surface area contributed by atoms with Gasteiger partial charge in [0, 0.05) is 0 Å². The highest BCUT2D eigenvalue weighted by atomic mass is 32.2. The summed E-state index contributed by atoms with van der Waals surface area (Å²) >= 11 is 0. The number of carboxylic acids is 1. The molecule has 0 fully saturated rings. The van der Waals surface area contributed by atoms with Gasteiger partial charge in [0.05, 0.1) is 12.4 Å². The second-order valence-electron chi connectivity index (χ2n) is 4.36. The number of carbonyl (C=O) groups is 1. The molecular weight excluding hydrogens is 268 g/mol. The maximum atomic E-state index is 11.6. The van der Waals surface area contributed by atoms with Crippen LogP contribution in [0.1, 0.15) is 18.9 Å². The molecule has 1 N–H and O–H groups in total. The number of carboxylic acid groups (broad SMARTS) is 1. The fourth-order valence-electron chi connectivity index (χ4n) is 1.42. The molecular formula is C13H18O5S. The van der Waals surface area contributed by atoms with Crippen molar-refractivity contribution in [1.29, 1.82) is 0 Å². The Balaban J connectivity index is 2.39. The van der Waals surface area contributed by atoms with Crippen molar-refractivity contribution in [3.63, 3.8) is 0 Å². The monoisotopic (exact) mass is 286 g/mol. The third kappa shape index (κ3) is 4.90. The smallest absolute Gasteiger partial charge is 0.321 e. The van der Waals surface area contributed by atoms with E-state index >= 15 is 0 Å². The van der Waals surface area contributed by atoms with Crippen molar-refractivity contribution in [1.82, 2.24) is 0 Å². The Hall–Kier alpha value is -1.56. The number of aryl methyl sites for hydroxylation is 1. The van der Waals surface area contributed by atoms with E-state index in [0.29, 0.717) is 5.75 Å². The van der Waals surface area contributed by atoms with Crippen LogP contribution in [0, 0.1) is 6.92 Å². The molecule has 1 rings (SSSR count). The van der Waals surface area contributed by atoms with Gasteiger partial charge in [-0.05, 0) is 32.4 Å². The maximum Gasteiger partial charge on any atom is 0.321 e. The van der Waals surface area contributed by atoms with Crippen LogP contribution in [0.3, 0.4) is 0 Å². The Labute approximate surface area is 113 Å². The summed E-state index contributed by atoms with van der Waals surface area (Å²) in [5.74, 6) is -0.833. The van der Waals surface area contributed by atoms with Crippen molar-refractivity contribution in [2.75, 3.05) is 12.4 Å². The Morgan fingerprint density at radius 3 is 2.42 bits per heavy atom. The molecule has 19 heavy (non-hydrogen) atoms. The average Bonchev–Trinajstić information content (AvgIpc) is 2.35. The molecule has 1 aromatic rings. The van der Waals surface area contributed by atoms with Crippen LogP contribution in [-0.2, 0) is 14.6 Å². The lowest BCUT2D eigenvalue weighted by molar-refractivity contribution is -0.136. The van der Waals surface area contributed by atoms with Crippen LogP contribution in [0.2, 0.25) is 0 Å². The van der Waals surface area contributed by atoms with Crippen LogP contribution in [0.4, 0.5) is 0 Å². The van der Waals surface area contributed by atoms with Crippen LogP contribution in [0.15, 0.2) is 24.3 Å². The van der Waals surface area contributed by atoms with Gasteiger partial charge < -0.3 is 9.84 Å². The van der Waals surface area contributed by atoms with E-state index in [4.69, 9.17) is 9.84 Å². The van der Waals surface area contributed by atoms with Crippen molar-refractivity contribution < 1.29 is 23.1 Å². The van der Waals surface area contributed by atoms with E-state index in [1.54, 1.807) is 0 Å². The van der Waals surface area contributed by atoms with E-state index in [9.17, 15) is 13.2 Å². The third-order valence-electron chi connectivity index (χ3n) is 2.75. The van der Waals surface area contributed by atoms with Crippen LogP contribution >= 0.6 is 0 Å². The normalized spacial score (nSPS) is 12.9. The molecule has 0 amide bonds. The fraction of sp³-hybridized carbons (Fsp3) is 0.462. The predicted molar refractivity (Wildman–Crippen MR) is 72.2 cm³/mol. The molecule has 106 valence electrons. The zero-order valence-corrected chi connectivity index (χ0v) is 11.8. The molecule has 0 spiro atoms. The predicted octanol–water partition coefficient (Wildman–Crippen LogP) is 1.65. The van der Waals surface area contributed by atoms with Crippen LogP contribution < -0.4 is 4.74 Å². The first kappa shape index (κ1) is 15.5. The molecule has 1 aromatic carbocycles. The fourth-order valence-corrected chi connectivity index (χ4v) is 2.60. The molecule has 0 aromatic heterocycles. The summed E-state index contributed by atoms with van der Waals surface area (Å²) in [4.78, 5) is 10.6. The average molecular weight is 286 g/mol. The van der Waals surface area contributed by atoms with E-state index in [2.05, 4.69) is 0 Å². The second kappa shape index (κ2) is 6.56. The maximum absolute atomic E-state index is 11.6. The van der Waals surface area contributed by atoms with E-state index in [1.807, 2.05) is 31.2 Å². The SMILES string of the molecule is Cc1ccc(OCCCS(=O)(=O)C(C)C(=O)O)cc1. The first-order valence-electron chi connectivity index (χ1n) is 5.97. The molecule has 1 atom stereocenters. The van der Waals surface area contributed by atoms with Gasteiger partial charge >= 0.3 is 5.97 Å². The minimum atomic E-state index is -3.60. The number of aliphatic carboxylic acids is 1. The summed E-state index contributed by atoms with van der Waals surface area (Å²) in [5, 5.41) is 7.30. The standard InChI is InChI=1S/C13H18O5S/c1-10-4-6-12(7-5-10)18-8-3-9-19(16,17)11(2)13(14)15/h4-7,11H,3,8-9H2,1-2H3,(H,14,15). The van der Waals surface area contributed by atoms with Gasteiger partial charge in [-0.25, -0.2) is 8.42 Å². The minimum absolute atomic E-state index is 0.188. The van der Waals surface area contributed by atoms with Crippen molar-refractivity contribution in [2.45, 2.75) is 25.5 Å². The summed E-state index contributed by atoms with van der Waals surface area (Å²) in [7, 11) is -3.60. The summed E-state index contributed by atoms with van der Waals surface area (Å²) in [5.41, 5.74) is 1.12. The van der Waals surface area contributed by atoms with Gasteiger partial charge in [0.1, 0.15) is 5.75 Å². The number of benzene rings is 1. The molecule has 0 bridgehead atoms. The van der Waals surface area contributed by atoms with Gasteiger partial charge in [0.25, 0.3) is 0 Å². The molecule has 0 saturated heterocycles. The van der Waals surface area contributed by atoms with Gasteiger partial charge in [0.15, 0.2) is 15.1 Å². The highest BCUT2D eigenvalue weighted by Crippen LogP contribution is 2.12. The molecule has 0 radical (unpaired) electrons. The number of hydrogen-bond acceptors (Lipinski definition) is 4. The summed E-state index contributed by atoms with van der Waals surface area (Å²) in [6, 6.07) is 7.42. The first-order chi connectivity index (χ1) is 8.83. The van der Waals surface area contributed by atoms with Crippen molar-refractivity contribution in [3.8, 4) is 5.75 Å². The summed E-state index contributed by atoms with van der Waals surface area (Å²) < 4.78 is 28.6. The quantitative estimate of drug-likeness (QED) is 0.771. The number of sulfone groups is 1. The topological polar surface area (TPSA) is 80.7 Å². The zero-order chi connectivity index (χ0) is 14.5. The van der Waals surface area contributed by atoms with Gasteiger partial charge in [-0.1, -0.05) is 17.7 Å². The Morgan fingerprint density at radius 1 is 1.32 bits per heavy atom. The molecule has 6 heteroatoms. The highest BCUT2D eigenvalue weighted by molar-refractivity contribution is 7.92.